The molecule has 0 unspecified atom stereocenters. The van der Waals surface area contributed by atoms with Gasteiger partial charge >= 0.3 is 0 Å². The molecule has 3 heteroatoms. The van der Waals surface area contributed by atoms with Gasteiger partial charge in [0.05, 0.1) is 0 Å². The van der Waals surface area contributed by atoms with E-state index in [9.17, 15) is 0 Å². The molecule has 1 aliphatic rings. The fourth-order valence-electron chi connectivity index (χ4n) is 6.09. The Morgan fingerprint density at radius 2 is 1.19 bits per heavy atom. The summed E-state index contributed by atoms with van der Waals surface area (Å²) in [6.07, 6.45) is 3.12. The van der Waals surface area contributed by atoms with E-state index >= 15 is 0 Å². The molecule has 0 amide bonds. The zero-order valence-corrected chi connectivity index (χ0v) is 21.6. The van der Waals surface area contributed by atoms with E-state index in [1.807, 2.05) is 12.1 Å². The van der Waals surface area contributed by atoms with Crippen molar-refractivity contribution in [3.8, 4) is 0 Å². The van der Waals surface area contributed by atoms with Gasteiger partial charge in [-0.2, -0.15) is 0 Å². The lowest BCUT2D eigenvalue weighted by molar-refractivity contribution is 0.155. The minimum atomic E-state index is -0.331. The number of piperidine rings is 1. The van der Waals surface area contributed by atoms with Crippen LogP contribution in [0.25, 0.3) is 0 Å². The third kappa shape index (κ3) is 4.74. The van der Waals surface area contributed by atoms with Crippen LogP contribution in [0.4, 0.5) is 0 Å². The van der Waals surface area contributed by atoms with Gasteiger partial charge in [0.1, 0.15) is 0 Å². The van der Waals surface area contributed by atoms with E-state index in [0.29, 0.717) is 6.54 Å². The highest BCUT2D eigenvalue weighted by Gasteiger charge is 2.39. The quantitative estimate of drug-likeness (QED) is 0.266. The fraction of sp³-hybridized carbons (Fsp3) is 0.273. The average molecular weight is 495 g/mol. The SMILES string of the molecule is NCC1(c2ccccc2)CCN(CCC(c2ccccc2)(c2ccccc2)c2ccccc2Cl)CC1. The normalized spacial score (nSPS) is 16.1. The van der Waals surface area contributed by atoms with Crippen LogP contribution >= 0.6 is 11.6 Å². The monoisotopic (exact) mass is 494 g/mol. The van der Waals surface area contributed by atoms with Crippen molar-refractivity contribution < 1.29 is 0 Å². The highest BCUT2D eigenvalue weighted by atomic mass is 35.5. The summed E-state index contributed by atoms with van der Waals surface area (Å²) in [7, 11) is 0. The molecule has 0 aliphatic carbocycles. The first-order valence-electron chi connectivity index (χ1n) is 13.0. The Bertz CT molecular complexity index is 1190. The van der Waals surface area contributed by atoms with Gasteiger partial charge in [-0.25, -0.2) is 0 Å². The van der Waals surface area contributed by atoms with Crippen molar-refractivity contribution in [1.82, 2.24) is 4.90 Å². The molecule has 5 rings (SSSR count). The van der Waals surface area contributed by atoms with Gasteiger partial charge in [-0.15, -0.1) is 0 Å². The van der Waals surface area contributed by atoms with Crippen molar-refractivity contribution in [2.45, 2.75) is 30.1 Å². The summed E-state index contributed by atoms with van der Waals surface area (Å²) in [5.74, 6) is 0. The number of rotatable bonds is 8. The second kappa shape index (κ2) is 11.0. The van der Waals surface area contributed by atoms with Crippen LogP contribution in [0.5, 0.6) is 0 Å². The fourth-order valence-corrected chi connectivity index (χ4v) is 6.38. The van der Waals surface area contributed by atoms with E-state index < -0.39 is 0 Å². The van der Waals surface area contributed by atoms with Crippen LogP contribution in [0.1, 0.15) is 41.5 Å². The zero-order chi connectivity index (χ0) is 24.8. The summed E-state index contributed by atoms with van der Waals surface area (Å²) in [6, 6.07) is 40.9. The summed E-state index contributed by atoms with van der Waals surface area (Å²) < 4.78 is 0. The second-order valence-corrected chi connectivity index (χ2v) is 10.5. The molecular weight excluding hydrogens is 460 g/mol. The van der Waals surface area contributed by atoms with Gasteiger partial charge in [-0.1, -0.05) is 121 Å². The molecule has 0 aromatic heterocycles. The highest BCUT2D eigenvalue weighted by Crippen LogP contribution is 2.45. The maximum absolute atomic E-state index is 6.93. The molecule has 0 radical (unpaired) electrons. The van der Waals surface area contributed by atoms with E-state index in [-0.39, 0.29) is 10.8 Å². The van der Waals surface area contributed by atoms with Gasteiger partial charge in [-0.3, -0.25) is 0 Å². The number of likely N-dealkylation sites (tertiary alicyclic amines) is 1. The van der Waals surface area contributed by atoms with Crippen molar-refractivity contribution in [3.05, 3.63) is 143 Å². The summed E-state index contributed by atoms with van der Waals surface area (Å²) in [5.41, 5.74) is 11.2. The molecular formula is C33H35ClN2. The van der Waals surface area contributed by atoms with E-state index in [4.69, 9.17) is 17.3 Å². The molecule has 1 aliphatic heterocycles. The molecule has 2 nitrogen and oxygen atoms in total. The summed E-state index contributed by atoms with van der Waals surface area (Å²) in [5, 5.41) is 0.815. The third-order valence-electron chi connectivity index (χ3n) is 8.26. The molecule has 0 spiro atoms. The number of nitrogens with two attached hydrogens (primary N) is 1. The van der Waals surface area contributed by atoms with Crippen LogP contribution in [0, 0.1) is 0 Å². The molecule has 4 aromatic carbocycles. The number of benzene rings is 4. The number of halogens is 1. The Morgan fingerprint density at radius 1 is 0.694 bits per heavy atom. The standard InChI is InChI=1S/C33H35ClN2/c34-31-19-11-10-18-30(31)33(28-14-6-2-7-15-28,29-16-8-3-9-17-29)22-25-36-23-20-32(26-35,21-24-36)27-12-4-1-5-13-27/h1-19H,20-26,35H2. The Hall–Kier alpha value is -2.91. The van der Waals surface area contributed by atoms with Crippen LogP contribution in [0.15, 0.2) is 115 Å². The van der Waals surface area contributed by atoms with E-state index in [1.54, 1.807) is 0 Å². The van der Waals surface area contributed by atoms with Crippen molar-refractivity contribution in [3.63, 3.8) is 0 Å². The maximum Gasteiger partial charge on any atom is 0.0478 e. The third-order valence-corrected chi connectivity index (χ3v) is 8.59. The Balaban J connectivity index is 1.47. The second-order valence-electron chi connectivity index (χ2n) is 10.1. The van der Waals surface area contributed by atoms with Crippen LogP contribution < -0.4 is 5.73 Å². The van der Waals surface area contributed by atoms with Gasteiger partial charge in [0.15, 0.2) is 0 Å². The molecule has 1 saturated heterocycles. The van der Waals surface area contributed by atoms with Crippen molar-refractivity contribution in [2.24, 2.45) is 5.73 Å². The first-order chi connectivity index (χ1) is 17.7. The van der Waals surface area contributed by atoms with Gasteiger partial charge < -0.3 is 10.6 Å². The Kier molecular flexibility index (Phi) is 7.57. The van der Waals surface area contributed by atoms with E-state index in [0.717, 1.165) is 43.9 Å². The lowest BCUT2D eigenvalue weighted by atomic mass is 9.67. The molecule has 1 heterocycles. The molecule has 184 valence electrons. The zero-order valence-electron chi connectivity index (χ0n) is 20.8. The van der Waals surface area contributed by atoms with Crippen LogP contribution in [0.3, 0.4) is 0 Å². The molecule has 36 heavy (non-hydrogen) atoms. The largest absolute Gasteiger partial charge is 0.330 e. The smallest absolute Gasteiger partial charge is 0.0478 e. The molecule has 1 fully saturated rings. The predicted octanol–water partition coefficient (Wildman–Crippen LogP) is 7.06. The van der Waals surface area contributed by atoms with Crippen LogP contribution in [-0.4, -0.2) is 31.1 Å². The van der Waals surface area contributed by atoms with Gasteiger partial charge in [0.25, 0.3) is 0 Å². The van der Waals surface area contributed by atoms with E-state index in [2.05, 4.69) is 108 Å². The highest BCUT2D eigenvalue weighted by molar-refractivity contribution is 6.31. The lowest BCUT2D eigenvalue weighted by Gasteiger charge is -2.43. The molecule has 0 atom stereocenters. The van der Waals surface area contributed by atoms with Gasteiger partial charge in [0.2, 0.25) is 0 Å². The predicted molar refractivity (Wildman–Crippen MR) is 152 cm³/mol. The molecule has 4 aromatic rings. The number of hydrogen-bond donors (Lipinski definition) is 1. The van der Waals surface area contributed by atoms with Crippen LogP contribution in [-0.2, 0) is 10.8 Å². The molecule has 0 bridgehead atoms. The lowest BCUT2D eigenvalue weighted by Crippen LogP contribution is -2.47. The first kappa shape index (κ1) is 24.8. The van der Waals surface area contributed by atoms with Crippen molar-refractivity contribution in [2.75, 3.05) is 26.2 Å². The Labute approximate surface area is 220 Å². The number of nitrogens with zero attached hydrogens (tertiary/aromatic N) is 1. The maximum atomic E-state index is 6.93. The van der Waals surface area contributed by atoms with E-state index in [1.165, 1.54) is 22.3 Å². The summed E-state index contributed by atoms with van der Waals surface area (Å²) in [4.78, 5) is 2.62. The van der Waals surface area contributed by atoms with Gasteiger partial charge in [-0.05, 0) is 67.2 Å². The molecule has 0 saturated carbocycles. The van der Waals surface area contributed by atoms with Crippen molar-refractivity contribution >= 4 is 11.6 Å². The number of hydrogen-bond acceptors (Lipinski definition) is 2. The first-order valence-corrected chi connectivity index (χ1v) is 13.4. The van der Waals surface area contributed by atoms with Crippen LogP contribution in [0.2, 0.25) is 5.02 Å². The average Bonchev–Trinajstić information content (AvgIpc) is 2.96. The van der Waals surface area contributed by atoms with Crippen molar-refractivity contribution in [1.29, 1.82) is 0 Å². The minimum Gasteiger partial charge on any atom is -0.330 e. The molecule has 2 N–H and O–H groups in total. The topological polar surface area (TPSA) is 29.3 Å². The summed E-state index contributed by atoms with van der Waals surface area (Å²) in [6.45, 7) is 3.79. The summed E-state index contributed by atoms with van der Waals surface area (Å²) >= 11 is 6.93. The Morgan fingerprint density at radius 3 is 1.72 bits per heavy atom. The van der Waals surface area contributed by atoms with Gasteiger partial charge in [0, 0.05) is 22.4 Å². The minimum absolute atomic E-state index is 0.0798.